The molecule has 3 aromatic carbocycles. The van der Waals surface area contributed by atoms with Gasteiger partial charge in [0.05, 0.1) is 27.9 Å². The van der Waals surface area contributed by atoms with Gasteiger partial charge in [-0.05, 0) is 47.5 Å². The Morgan fingerprint density at radius 2 is 1.47 bits per heavy atom. The molecule has 0 saturated carbocycles. The Morgan fingerprint density at radius 3 is 2.06 bits per heavy atom. The molecular weight excluding hydrogens is 410 g/mol. The molecule has 1 fully saturated rings. The second-order valence-electron chi connectivity index (χ2n) is 7.43. The van der Waals surface area contributed by atoms with Gasteiger partial charge >= 0.3 is 6.09 Å². The van der Waals surface area contributed by atoms with E-state index in [1.54, 1.807) is 69.9 Å². The second kappa shape index (κ2) is 8.80. The topological polar surface area (TPSA) is 77.5 Å². The predicted octanol–water partition coefficient (Wildman–Crippen LogP) is 4.25. The molecule has 2 atom stereocenters. The monoisotopic (exact) mass is 435 g/mol. The van der Waals surface area contributed by atoms with Gasteiger partial charge in [-0.25, -0.2) is 4.79 Å². The van der Waals surface area contributed by atoms with Gasteiger partial charge in [0.1, 0.15) is 17.2 Å². The van der Waals surface area contributed by atoms with E-state index in [1.807, 2.05) is 24.3 Å². The number of ether oxygens (including phenoxy) is 4. The van der Waals surface area contributed by atoms with Crippen LogP contribution in [0.25, 0.3) is 0 Å². The number of nitrogens with zero attached hydrogens (tertiary/aromatic N) is 1. The van der Waals surface area contributed by atoms with Crippen molar-refractivity contribution < 1.29 is 28.8 Å². The number of hydrogen-bond donors (Lipinski definition) is 1. The molecule has 1 amide bonds. The van der Waals surface area contributed by atoms with Crippen molar-refractivity contribution in [3.8, 4) is 17.2 Å². The van der Waals surface area contributed by atoms with Crippen LogP contribution in [0.1, 0.15) is 22.8 Å². The molecule has 1 N–H and O–H groups in total. The fraction of sp³-hybridized carbons (Fsp3) is 0.240. The van der Waals surface area contributed by atoms with Gasteiger partial charge in [-0.2, -0.15) is 0 Å². The molecule has 1 aliphatic heterocycles. The Labute approximate surface area is 186 Å². The summed E-state index contributed by atoms with van der Waals surface area (Å²) in [5.74, 6) is 1.97. The van der Waals surface area contributed by atoms with Crippen molar-refractivity contribution in [2.24, 2.45) is 0 Å². The van der Waals surface area contributed by atoms with Crippen LogP contribution in [0.3, 0.4) is 0 Å². The van der Waals surface area contributed by atoms with Gasteiger partial charge in [0.2, 0.25) is 5.72 Å². The second-order valence-corrected chi connectivity index (χ2v) is 7.43. The largest absolute Gasteiger partial charge is 0.497 e. The van der Waals surface area contributed by atoms with E-state index in [2.05, 4.69) is 0 Å². The summed E-state index contributed by atoms with van der Waals surface area (Å²) in [6.07, 6.45) is -1.56. The molecule has 7 heteroatoms. The van der Waals surface area contributed by atoms with Crippen LogP contribution in [-0.2, 0) is 17.0 Å². The minimum Gasteiger partial charge on any atom is -0.497 e. The Bertz CT molecular complexity index is 1080. The van der Waals surface area contributed by atoms with Gasteiger partial charge in [-0.3, -0.25) is 4.90 Å². The van der Waals surface area contributed by atoms with Crippen LogP contribution < -0.4 is 14.2 Å². The van der Waals surface area contributed by atoms with Gasteiger partial charge in [0.25, 0.3) is 0 Å². The highest BCUT2D eigenvalue weighted by Gasteiger charge is 2.56. The number of benzene rings is 3. The van der Waals surface area contributed by atoms with E-state index in [0.717, 1.165) is 5.56 Å². The van der Waals surface area contributed by atoms with Crippen molar-refractivity contribution in [2.75, 3.05) is 21.3 Å². The van der Waals surface area contributed by atoms with Crippen molar-refractivity contribution in [1.82, 2.24) is 4.90 Å². The maximum atomic E-state index is 13.0. The fourth-order valence-corrected chi connectivity index (χ4v) is 3.89. The third kappa shape index (κ3) is 3.83. The molecule has 0 bridgehead atoms. The van der Waals surface area contributed by atoms with Crippen LogP contribution in [0.15, 0.2) is 72.8 Å². The molecule has 7 nitrogen and oxygen atoms in total. The quantitative estimate of drug-likeness (QED) is 0.598. The average Bonchev–Trinajstić information content (AvgIpc) is 3.10. The normalized spacial score (nSPS) is 20.1. The molecule has 166 valence electrons. The Hall–Kier alpha value is -3.71. The number of carbonyl (C=O) groups is 1. The predicted molar refractivity (Wildman–Crippen MR) is 118 cm³/mol. The number of hydrogen-bond acceptors (Lipinski definition) is 6. The highest BCUT2D eigenvalue weighted by atomic mass is 16.6. The van der Waals surface area contributed by atoms with Gasteiger partial charge in [-0.15, -0.1) is 0 Å². The molecule has 0 radical (unpaired) electrons. The number of carbonyl (C=O) groups excluding carboxylic acids is 1. The van der Waals surface area contributed by atoms with E-state index >= 15 is 0 Å². The Morgan fingerprint density at radius 1 is 0.875 bits per heavy atom. The Balaban J connectivity index is 1.78. The lowest BCUT2D eigenvalue weighted by atomic mass is 9.91. The zero-order valence-electron chi connectivity index (χ0n) is 18.1. The summed E-state index contributed by atoms with van der Waals surface area (Å²) in [6, 6.07) is 21.4. The average molecular weight is 435 g/mol. The molecule has 0 aromatic heterocycles. The van der Waals surface area contributed by atoms with Crippen LogP contribution in [0.4, 0.5) is 4.79 Å². The molecule has 4 rings (SSSR count). The van der Waals surface area contributed by atoms with Gasteiger partial charge in [-0.1, -0.05) is 36.4 Å². The first-order chi connectivity index (χ1) is 15.5. The maximum Gasteiger partial charge on any atom is 0.413 e. The van der Waals surface area contributed by atoms with Gasteiger partial charge in [0, 0.05) is 5.56 Å². The number of amides is 1. The molecule has 0 spiro atoms. The summed E-state index contributed by atoms with van der Waals surface area (Å²) in [6.45, 7) is 0.130. The van der Waals surface area contributed by atoms with E-state index < -0.39 is 17.9 Å². The van der Waals surface area contributed by atoms with Crippen molar-refractivity contribution in [3.63, 3.8) is 0 Å². The van der Waals surface area contributed by atoms with Gasteiger partial charge in [0.15, 0.2) is 6.10 Å². The first-order valence-electron chi connectivity index (χ1n) is 10.1. The summed E-state index contributed by atoms with van der Waals surface area (Å²) in [7, 11) is 4.73. The van der Waals surface area contributed by atoms with Crippen molar-refractivity contribution in [2.45, 2.75) is 18.4 Å². The van der Waals surface area contributed by atoms with Crippen LogP contribution in [0, 0.1) is 0 Å². The van der Waals surface area contributed by atoms with E-state index in [1.165, 1.54) is 4.90 Å². The van der Waals surface area contributed by atoms with E-state index in [-0.39, 0.29) is 6.54 Å². The fourth-order valence-electron chi connectivity index (χ4n) is 3.89. The van der Waals surface area contributed by atoms with Gasteiger partial charge < -0.3 is 24.1 Å². The molecule has 1 heterocycles. The summed E-state index contributed by atoms with van der Waals surface area (Å²) in [5, 5.41) is 12.1. The molecule has 32 heavy (non-hydrogen) atoms. The van der Waals surface area contributed by atoms with Crippen molar-refractivity contribution in [1.29, 1.82) is 0 Å². The number of methoxy groups -OCH3 is 3. The molecule has 1 aliphatic rings. The molecule has 0 unspecified atom stereocenters. The minimum absolute atomic E-state index is 0.130. The summed E-state index contributed by atoms with van der Waals surface area (Å²) < 4.78 is 21.5. The number of cyclic esters (lactones) is 1. The number of rotatable bonds is 7. The minimum atomic E-state index is -1.75. The van der Waals surface area contributed by atoms with Crippen LogP contribution in [0.5, 0.6) is 17.2 Å². The van der Waals surface area contributed by atoms with Crippen molar-refractivity contribution >= 4 is 6.09 Å². The van der Waals surface area contributed by atoms with Crippen molar-refractivity contribution in [3.05, 3.63) is 89.5 Å². The first kappa shape index (κ1) is 21.5. The maximum absolute atomic E-state index is 13.0. The SMILES string of the molecule is COc1ccc([C@@H]2OC(=O)N(Cc3cccc(OC)c3)[C@@]2(O)c2ccc(OC)cc2)cc1. The highest BCUT2D eigenvalue weighted by molar-refractivity contribution is 5.72. The molecule has 1 saturated heterocycles. The van der Waals surface area contributed by atoms with Crippen LogP contribution in [0.2, 0.25) is 0 Å². The van der Waals surface area contributed by atoms with Crippen LogP contribution in [-0.4, -0.2) is 37.4 Å². The first-order valence-corrected chi connectivity index (χ1v) is 10.1. The third-order valence-corrected chi connectivity index (χ3v) is 5.62. The molecular formula is C25H25NO6. The summed E-state index contributed by atoms with van der Waals surface area (Å²) in [4.78, 5) is 14.3. The standard InChI is InChI=1S/C25H25NO6/c1-29-20-11-7-18(8-12-20)23-25(28,19-9-13-21(30-2)14-10-19)26(24(27)32-23)16-17-5-4-6-22(15-17)31-3/h4-15,23,28H,16H2,1-3H3/t23-,25+/m0/s1. The number of aliphatic hydroxyl groups is 1. The lowest BCUT2D eigenvalue weighted by Crippen LogP contribution is -2.45. The van der Waals surface area contributed by atoms with Crippen LogP contribution >= 0.6 is 0 Å². The van der Waals surface area contributed by atoms with E-state index in [0.29, 0.717) is 28.4 Å². The smallest absolute Gasteiger partial charge is 0.413 e. The zero-order chi connectivity index (χ0) is 22.7. The lowest BCUT2D eigenvalue weighted by molar-refractivity contribution is -0.113. The molecule has 3 aromatic rings. The molecule has 0 aliphatic carbocycles. The Kier molecular flexibility index (Phi) is 5.92. The van der Waals surface area contributed by atoms with E-state index in [9.17, 15) is 9.90 Å². The zero-order valence-corrected chi connectivity index (χ0v) is 18.1. The summed E-state index contributed by atoms with van der Waals surface area (Å²) >= 11 is 0. The van der Waals surface area contributed by atoms with E-state index in [4.69, 9.17) is 18.9 Å². The summed E-state index contributed by atoms with van der Waals surface area (Å²) in [5.41, 5.74) is 0.197. The lowest BCUT2D eigenvalue weighted by Gasteiger charge is -2.35. The third-order valence-electron chi connectivity index (χ3n) is 5.62. The highest BCUT2D eigenvalue weighted by Crippen LogP contribution is 2.47.